The van der Waals surface area contributed by atoms with E-state index in [-0.39, 0.29) is 24.3 Å². The van der Waals surface area contributed by atoms with Crippen LogP contribution in [0.15, 0.2) is 11.8 Å². The van der Waals surface area contributed by atoms with Crippen LogP contribution in [0.3, 0.4) is 0 Å². The van der Waals surface area contributed by atoms with E-state index in [0.29, 0.717) is 26.1 Å². The van der Waals surface area contributed by atoms with Gasteiger partial charge >= 0.3 is 0 Å². The van der Waals surface area contributed by atoms with Gasteiger partial charge in [0, 0.05) is 37.0 Å². The molecule has 3 saturated carbocycles. The zero-order valence-electron chi connectivity index (χ0n) is 23.8. The minimum Gasteiger partial charge on any atom is -0.492 e. The van der Waals surface area contributed by atoms with Crippen LogP contribution in [-0.4, -0.2) is 122 Å². The van der Waals surface area contributed by atoms with E-state index in [1.807, 2.05) is 6.08 Å². The highest BCUT2D eigenvalue weighted by Crippen LogP contribution is 2.51. The van der Waals surface area contributed by atoms with E-state index in [1.54, 1.807) is 7.05 Å². The summed E-state index contributed by atoms with van der Waals surface area (Å²) in [5.41, 5.74) is 24.2. The first kappa shape index (κ1) is 31.0. The fraction of sp³-hybridized carbons (Fsp3) is 0.889. The second-order valence-electron chi connectivity index (χ2n) is 12.7. The van der Waals surface area contributed by atoms with Crippen molar-refractivity contribution in [1.82, 2.24) is 16.0 Å². The largest absolute Gasteiger partial charge is 0.492 e. The maximum atomic E-state index is 12.6. The third kappa shape index (κ3) is 6.15. The molecule has 2 heterocycles. The number of rotatable bonds is 12. The van der Waals surface area contributed by atoms with E-state index in [9.17, 15) is 20.1 Å². The maximum Gasteiger partial charge on any atom is 0.250 e. The van der Waals surface area contributed by atoms with E-state index in [0.717, 1.165) is 31.6 Å². The Balaban J connectivity index is 1.31. The molecule has 0 aromatic heterocycles. The number of hydrogen-bond donors (Lipinski definition) is 10. The molecule has 3 aliphatic carbocycles. The highest BCUT2D eigenvalue weighted by Gasteiger charge is 2.64. The molecule has 0 aromatic rings. The van der Waals surface area contributed by atoms with Crippen molar-refractivity contribution in [1.29, 1.82) is 0 Å². The number of carbonyl (C=O) groups excluding carboxylic acids is 1. The molecular weight excluding hydrogens is 534 g/mol. The highest BCUT2D eigenvalue weighted by atomic mass is 16.7. The number of aliphatic hydroxyl groups is 3. The summed E-state index contributed by atoms with van der Waals surface area (Å²) in [7, 11) is 1.79. The fourth-order valence-electron chi connectivity index (χ4n) is 6.89. The SMILES string of the molecule is CN[C@@]12C[C@@H]1CO[C@H](O[C@H]1[C@H](NC(=O)[C@@H](O)CN)C[C@H](N)C([C@H]3OC(CNCC4(CN)CC4)=CC[C@H]3N)[C@@H]1O)[C@@H]2O. The predicted molar refractivity (Wildman–Crippen MR) is 149 cm³/mol. The zero-order chi connectivity index (χ0) is 29.5. The molecule has 0 aromatic carbocycles. The van der Waals surface area contributed by atoms with Crippen molar-refractivity contribution in [3.63, 3.8) is 0 Å². The number of likely N-dealkylation sites (N-methyl/N-ethyl adjacent to an activating group) is 1. The van der Waals surface area contributed by atoms with Gasteiger partial charge in [0.15, 0.2) is 6.29 Å². The Morgan fingerprint density at radius 1 is 1.24 bits per heavy atom. The zero-order valence-corrected chi connectivity index (χ0v) is 23.8. The molecule has 0 radical (unpaired) electrons. The minimum atomic E-state index is -1.43. The molecular formula is C27H49N7O7. The summed E-state index contributed by atoms with van der Waals surface area (Å²) in [4.78, 5) is 12.6. The van der Waals surface area contributed by atoms with E-state index in [2.05, 4.69) is 16.0 Å². The van der Waals surface area contributed by atoms with Crippen LogP contribution >= 0.6 is 0 Å². The van der Waals surface area contributed by atoms with Gasteiger partial charge in [-0.15, -0.1) is 0 Å². The molecule has 2 aliphatic heterocycles. The van der Waals surface area contributed by atoms with Crippen molar-refractivity contribution in [3.8, 4) is 0 Å². The second-order valence-corrected chi connectivity index (χ2v) is 12.7. The van der Waals surface area contributed by atoms with Crippen molar-refractivity contribution < 1.29 is 34.3 Å². The number of aliphatic hydroxyl groups excluding tert-OH is 3. The van der Waals surface area contributed by atoms with E-state index in [1.165, 1.54) is 0 Å². The van der Waals surface area contributed by atoms with Gasteiger partial charge in [0.25, 0.3) is 0 Å². The van der Waals surface area contributed by atoms with E-state index >= 15 is 0 Å². The number of nitrogens with two attached hydrogens (primary N) is 4. The molecule has 14 N–H and O–H groups in total. The van der Waals surface area contributed by atoms with Gasteiger partial charge in [0.2, 0.25) is 5.91 Å². The van der Waals surface area contributed by atoms with Crippen LogP contribution < -0.4 is 38.9 Å². The number of amides is 1. The van der Waals surface area contributed by atoms with Crippen molar-refractivity contribution in [2.45, 2.75) is 92.6 Å². The summed E-state index contributed by atoms with van der Waals surface area (Å²) in [5, 5.41) is 42.3. The third-order valence-corrected chi connectivity index (χ3v) is 10.1. The minimum absolute atomic E-state index is 0.169. The number of nitrogens with one attached hydrogen (secondary N) is 3. The standard InChI is InChI=1S/C27H49N7O7/c1-32-27-7-13(27)10-39-25(23(27)37)41-22-17(34-24(38)18(35)8-28)6-16(31)19(20(22)36)21-15(30)3-2-14(40-21)9-33-12-26(11-29)4-5-26/h2,13,15-23,25,32-33,35-37H,3-12,28-31H2,1H3,(H,34,38)/t13-,15-,16+,17-,18+,19?,20+,21+,22+,23+,25-,27+/m1/s1. The Hall–Kier alpha value is -1.43. The highest BCUT2D eigenvalue weighted by molar-refractivity contribution is 5.81. The van der Waals surface area contributed by atoms with Crippen molar-refractivity contribution >= 4 is 5.91 Å². The van der Waals surface area contributed by atoms with Crippen LogP contribution in [-0.2, 0) is 19.0 Å². The molecule has 1 saturated heterocycles. The molecule has 14 heteroatoms. The van der Waals surface area contributed by atoms with Gasteiger partial charge in [0.05, 0.1) is 30.8 Å². The molecule has 1 amide bonds. The van der Waals surface area contributed by atoms with Crippen LogP contribution in [0.2, 0.25) is 0 Å². The van der Waals surface area contributed by atoms with Crippen molar-refractivity contribution in [2.75, 3.05) is 39.8 Å². The lowest BCUT2D eigenvalue weighted by atomic mass is 9.72. The monoisotopic (exact) mass is 583 g/mol. The van der Waals surface area contributed by atoms with Crippen LogP contribution in [0, 0.1) is 17.3 Å². The van der Waals surface area contributed by atoms with Crippen LogP contribution in [0.4, 0.5) is 0 Å². The second kappa shape index (κ2) is 12.3. The first-order chi connectivity index (χ1) is 19.6. The number of fused-ring (bicyclic) bond motifs is 1. The molecule has 0 spiro atoms. The van der Waals surface area contributed by atoms with Crippen LogP contribution in [0.25, 0.3) is 0 Å². The van der Waals surface area contributed by atoms with E-state index in [4.69, 9.17) is 37.1 Å². The summed E-state index contributed by atoms with van der Waals surface area (Å²) in [5.74, 6) is -0.444. The quantitative estimate of drug-likeness (QED) is 0.105. The molecule has 0 bridgehead atoms. The summed E-state index contributed by atoms with van der Waals surface area (Å²) in [6, 6.07) is -1.83. The summed E-state index contributed by atoms with van der Waals surface area (Å²) >= 11 is 0. The van der Waals surface area contributed by atoms with Crippen LogP contribution in [0.1, 0.15) is 32.1 Å². The smallest absolute Gasteiger partial charge is 0.250 e. The molecule has 1 unspecified atom stereocenters. The van der Waals surface area contributed by atoms with E-state index < -0.39 is 72.3 Å². The Bertz CT molecular complexity index is 970. The molecule has 5 aliphatic rings. The first-order valence-corrected chi connectivity index (χ1v) is 14.9. The normalized spacial score (nSPS) is 43.8. The van der Waals surface area contributed by atoms with Crippen LogP contribution in [0.5, 0.6) is 0 Å². The molecule has 4 fully saturated rings. The third-order valence-electron chi connectivity index (χ3n) is 10.1. The topological polar surface area (TPSA) is 246 Å². The van der Waals surface area contributed by atoms with Gasteiger partial charge < -0.3 is 68.4 Å². The Labute approximate surface area is 240 Å². The molecule has 5 rings (SSSR count). The van der Waals surface area contributed by atoms with Gasteiger partial charge in [-0.3, -0.25) is 4.79 Å². The van der Waals surface area contributed by atoms with Crippen molar-refractivity contribution in [2.24, 2.45) is 40.2 Å². The van der Waals surface area contributed by atoms with Crippen molar-refractivity contribution in [3.05, 3.63) is 11.8 Å². The Morgan fingerprint density at radius 2 is 2.00 bits per heavy atom. The van der Waals surface area contributed by atoms with Gasteiger partial charge in [-0.2, -0.15) is 0 Å². The number of carbonyl (C=O) groups is 1. The fourth-order valence-corrected chi connectivity index (χ4v) is 6.89. The average molecular weight is 584 g/mol. The lowest BCUT2D eigenvalue weighted by Gasteiger charge is -2.49. The van der Waals surface area contributed by atoms with Gasteiger partial charge in [-0.05, 0) is 57.2 Å². The summed E-state index contributed by atoms with van der Waals surface area (Å²) in [6.45, 7) is 2.08. The Kier molecular flexibility index (Phi) is 9.29. The summed E-state index contributed by atoms with van der Waals surface area (Å²) in [6.07, 6.45) is -0.652. The average Bonchev–Trinajstić information content (AvgIpc) is 3.88. The van der Waals surface area contributed by atoms with Gasteiger partial charge in [0.1, 0.15) is 30.2 Å². The summed E-state index contributed by atoms with van der Waals surface area (Å²) < 4.78 is 18.5. The Morgan fingerprint density at radius 3 is 2.66 bits per heavy atom. The molecule has 234 valence electrons. The number of ether oxygens (including phenoxy) is 3. The lowest BCUT2D eigenvalue weighted by Crippen LogP contribution is -2.68. The van der Waals surface area contributed by atoms with Gasteiger partial charge in [-0.25, -0.2) is 0 Å². The number of hydrogen-bond acceptors (Lipinski definition) is 13. The lowest BCUT2D eigenvalue weighted by molar-refractivity contribution is -0.270. The predicted octanol–water partition coefficient (Wildman–Crippen LogP) is -4.09. The molecule has 14 nitrogen and oxygen atoms in total. The first-order valence-electron chi connectivity index (χ1n) is 14.9. The molecule has 41 heavy (non-hydrogen) atoms. The molecule has 12 atom stereocenters. The maximum absolute atomic E-state index is 12.6. The van der Waals surface area contributed by atoms with Gasteiger partial charge in [-0.1, -0.05) is 0 Å².